The minimum Gasteiger partial charge on any atom is -0.357 e. The third-order valence-electron chi connectivity index (χ3n) is 7.07. The number of aryl methyl sites for hydroxylation is 1. The number of sulfonamides is 1. The average Bonchev–Trinajstić information content (AvgIpc) is 2.99. The maximum atomic E-state index is 14.3. The highest BCUT2D eigenvalue weighted by Crippen LogP contribution is 2.31. The van der Waals surface area contributed by atoms with Crippen LogP contribution in [0, 0.1) is 13.8 Å². The van der Waals surface area contributed by atoms with Crippen LogP contribution in [-0.2, 0) is 32.6 Å². The van der Waals surface area contributed by atoms with Gasteiger partial charge in [-0.1, -0.05) is 96.0 Å². The molecule has 7 nitrogen and oxygen atoms in total. The summed E-state index contributed by atoms with van der Waals surface area (Å²) in [5, 5.41) is 3.07. The Balaban J connectivity index is 1.81. The molecule has 0 unspecified atom stereocenters. The first-order valence-corrected chi connectivity index (χ1v) is 15.4. The predicted octanol–water partition coefficient (Wildman–Crippen LogP) is 5.54. The second-order valence-corrected chi connectivity index (χ2v) is 12.3. The lowest BCUT2D eigenvalue weighted by molar-refractivity contribution is -0.139. The van der Waals surface area contributed by atoms with Crippen LogP contribution in [0.4, 0.5) is 5.69 Å². The topological polar surface area (TPSA) is 86.8 Å². The fraction of sp³-hybridized carbons (Fsp3) is 0.212. The summed E-state index contributed by atoms with van der Waals surface area (Å²) >= 11 is 6.41. The zero-order chi connectivity index (χ0) is 30.3. The molecule has 42 heavy (non-hydrogen) atoms. The molecule has 0 aliphatic rings. The molecule has 1 N–H and O–H groups in total. The van der Waals surface area contributed by atoms with Crippen molar-refractivity contribution in [2.75, 3.05) is 17.9 Å². The minimum atomic E-state index is -4.19. The second kappa shape index (κ2) is 13.7. The van der Waals surface area contributed by atoms with Crippen molar-refractivity contribution < 1.29 is 18.0 Å². The Morgan fingerprint density at radius 2 is 1.45 bits per heavy atom. The lowest BCUT2D eigenvalue weighted by atomic mass is 10.0. The zero-order valence-electron chi connectivity index (χ0n) is 23.8. The van der Waals surface area contributed by atoms with E-state index in [2.05, 4.69) is 5.32 Å². The molecule has 0 heterocycles. The van der Waals surface area contributed by atoms with Gasteiger partial charge in [0.15, 0.2) is 0 Å². The highest BCUT2D eigenvalue weighted by molar-refractivity contribution is 7.92. The molecular formula is C33H34ClN3O4S. The van der Waals surface area contributed by atoms with Gasteiger partial charge in [0.1, 0.15) is 12.6 Å². The van der Waals surface area contributed by atoms with Crippen LogP contribution in [0.5, 0.6) is 0 Å². The highest BCUT2D eigenvalue weighted by Gasteiger charge is 2.35. The second-order valence-electron chi connectivity index (χ2n) is 10.0. The number of carbonyl (C=O) groups excluding carboxylic acids is 2. The molecule has 0 aliphatic heterocycles. The number of halogens is 1. The number of nitrogens with zero attached hydrogens (tertiary/aromatic N) is 2. The first-order valence-electron chi connectivity index (χ1n) is 13.5. The lowest BCUT2D eigenvalue weighted by Crippen LogP contribution is -2.53. The standard InChI is InChI=1S/C33H34ClN3O4S/c1-24-12-10-15-27(20-24)22-36(31(33(39)35-3)21-26-13-6-4-7-14-26)32(38)23-37(30-19-11-18-29(34)25(30)2)42(40,41)28-16-8-5-9-17-28/h4-20,31H,21-23H2,1-3H3,(H,35,39)/t31-/m1/s1. The van der Waals surface area contributed by atoms with Gasteiger partial charge in [0.25, 0.3) is 10.0 Å². The van der Waals surface area contributed by atoms with E-state index in [1.54, 1.807) is 43.3 Å². The first-order chi connectivity index (χ1) is 20.1. The van der Waals surface area contributed by atoms with Crippen LogP contribution in [0.25, 0.3) is 0 Å². The van der Waals surface area contributed by atoms with Crippen LogP contribution >= 0.6 is 11.6 Å². The Hall–Kier alpha value is -4.14. The number of carbonyl (C=O) groups is 2. The fourth-order valence-electron chi connectivity index (χ4n) is 4.83. The Kier molecular flexibility index (Phi) is 10.0. The number of hydrogen-bond donors (Lipinski definition) is 1. The molecule has 218 valence electrons. The van der Waals surface area contributed by atoms with Crippen molar-refractivity contribution in [1.29, 1.82) is 0 Å². The molecule has 0 aromatic heterocycles. The Morgan fingerprint density at radius 1 is 0.833 bits per heavy atom. The maximum absolute atomic E-state index is 14.3. The first kappa shape index (κ1) is 30.8. The molecule has 9 heteroatoms. The summed E-state index contributed by atoms with van der Waals surface area (Å²) in [6.07, 6.45) is 0.250. The number of nitrogens with one attached hydrogen (secondary N) is 1. The monoisotopic (exact) mass is 603 g/mol. The summed E-state index contributed by atoms with van der Waals surface area (Å²) in [6.45, 7) is 3.24. The molecule has 0 radical (unpaired) electrons. The Labute approximate surface area is 252 Å². The summed E-state index contributed by atoms with van der Waals surface area (Å²) in [7, 11) is -2.66. The van der Waals surface area contributed by atoms with Crippen molar-refractivity contribution in [2.45, 2.75) is 37.8 Å². The Bertz CT molecular complexity index is 1650. The van der Waals surface area contributed by atoms with Crippen LogP contribution in [-0.4, -0.2) is 44.8 Å². The van der Waals surface area contributed by atoms with Crippen molar-refractivity contribution in [3.8, 4) is 0 Å². The molecule has 2 amide bonds. The van der Waals surface area contributed by atoms with Gasteiger partial charge in [0.05, 0.1) is 10.6 Å². The molecule has 0 saturated carbocycles. The number of benzene rings is 4. The van der Waals surface area contributed by atoms with Gasteiger partial charge in [-0.2, -0.15) is 0 Å². The third kappa shape index (κ3) is 7.19. The number of hydrogen-bond acceptors (Lipinski definition) is 4. The van der Waals surface area contributed by atoms with Crippen molar-refractivity contribution in [3.05, 3.63) is 130 Å². The molecular weight excluding hydrogens is 570 g/mol. The predicted molar refractivity (Wildman–Crippen MR) is 167 cm³/mol. The van der Waals surface area contributed by atoms with Crippen LogP contribution in [0.3, 0.4) is 0 Å². The summed E-state index contributed by atoms with van der Waals surface area (Å²) < 4.78 is 29.2. The third-order valence-corrected chi connectivity index (χ3v) is 9.25. The summed E-state index contributed by atoms with van der Waals surface area (Å²) in [6, 6.07) is 29.1. The van der Waals surface area contributed by atoms with E-state index in [9.17, 15) is 18.0 Å². The van der Waals surface area contributed by atoms with Crippen molar-refractivity contribution in [2.24, 2.45) is 0 Å². The summed E-state index contributed by atoms with van der Waals surface area (Å²) in [5.74, 6) is -0.879. The highest BCUT2D eigenvalue weighted by atomic mass is 35.5. The molecule has 0 bridgehead atoms. The molecule has 1 atom stereocenters. The van der Waals surface area contributed by atoms with Gasteiger partial charge < -0.3 is 10.2 Å². The molecule has 0 saturated heterocycles. The molecule has 0 fully saturated rings. The Morgan fingerprint density at radius 3 is 2.10 bits per heavy atom. The largest absolute Gasteiger partial charge is 0.357 e. The van der Waals surface area contributed by atoms with Crippen LogP contribution in [0.15, 0.2) is 108 Å². The van der Waals surface area contributed by atoms with E-state index in [1.165, 1.54) is 24.1 Å². The van der Waals surface area contributed by atoms with Gasteiger partial charge in [0.2, 0.25) is 11.8 Å². The van der Waals surface area contributed by atoms with Crippen LogP contribution in [0.1, 0.15) is 22.3 Å². The summed E-state index contributed by atoms with van der Waals surface area (Å²) in [4.78, 5) is 29.2. The quantitative estimate of drug-likeness (QED) is 0.244. The number of rotatable bonds is 11. The van der Waals surface area contributed by atoms with Crippen LogP contribution < -0.4 is 9.62 Å². The maximum Gasteiger partial charge on any atom is 0.264 e. The fourth-order valence-corrected chi connectivity index (χ4v) is 6.49. The van der Waals surface area contributed by atoms with Crippen molar-refractivity contribution in [1.82, 2.24) is 10.2 Å². The van der Waals surface area contributed by atoms with E-state index >= 15 is 0 Å². The van der Waals surface area contributed by atoms with E-state index < -0.39 is 28.5 Å². The SMILES string of the molecule is CNC(=O)[C@@H](Cc1ccccc1)N(Cc1cccc(C)c1)C(=O)CN(c1cccc(Cl)c1C)S(=O)(=O)c1ccccc1. The van der Waals surface area contributed by atoms with E-state index in [4.69, 9.17) is 11.6 Å². The summed E-state index contributed by atoms with van der Waals surface area (Å²) in [5.41, 5.74) is 3.50. The van der Waals surface area contributed by atoms with Gasteiger partial charge in [-0.05, 0) is 54.8 Å². The van der Waals surface area contributed by atoms with Crippen molar-refractivity contribution in [3.63, 3.8) is 0 Å². The van der Waals surface area contributed by atoms with Gasteiger partial charge in [-0.3, -0.25) is 13.9 Å². The minimum absolute atomic E-state index is 0.0366. The van der Waals surface area contributed by atoms with Crippen LogP contribution in [0.2, 0.25) is 5.02 Å². The number of amides is 2. The molecule has 0 spiro atoms. The van der Waals surface area contributed by atoms with E-state index in [1.807, 2.05) is 61.5 Å². The molecule has 0 aliphatic carbocycles. The molecule has 4 aromatic rings. The lowest BCUT2D eigenvalue weighted by Gasteiger charge is -2.34. The molecule has 4 aromatic carbocycles. The van der Waals surface area contributed by atoms with E-state index in [0.29, 0.717) is 10.6 Å². The van der Waals surface area contributed by atoms with E-state index in [0.717, 1.165) is 21.0 Å². The van der Waals surface area contributed by atoms with Gasteiger partial charge in [0, 0.05) is 25.0 Å². The van der Waals surface area contributed by atoms with Gasteiger partial charge in [-0.25, -0.2) is 8.42 Å². The average molecular weight is 604 g/mol. The number of anilines is 1. The zero-order valence-corrected chi connectivity index (χ0v) is 25.4. The van der Waals surface area contributed by atoms with Gasteiger partial charge >= 0.3 is 0 Å². The van der Waals surface area contributed by atoms with E-state index in [-0.39, 0.29) is 29.5 Å². The normalized spacial score (nSPS) is 11.9. The van der Waals surface area contributed by atoms with Crippen molar-refractivity contribution >= 4 is 39.1 Å². The number of likely N-dealkylation sites (N-methyl/N-ethyl adjacent to an activating group) is 1. The smallest absolute Gasteiger partial charge is 0.264 e. The van der Waals surface area contributed by atoms with Gasteiger partial charge in [-0.15, -0.1) is 0 Å². The molecule has 4 rings (SSSR count).